The second-order valence-electron chi connectivity index (χ2n) is 14.7. The van der Waals surface area contributed by atoms with Gasteiger partial charge in [0.05, 0.1) is 44.1 Å². The minimum atomic E-state index is -4.25. The summed E-state index contributed by atoms with van der Waals surface area (Å²) in [5.41, 5.74) is 12.3. The van der Waals surface area contributed by atoms with Gasteiger partial charge in [0, 0.05) is 13.0 Å². The number of aromatic amines is 1. The molecule has 10 atom stereocenters. The Hall–Kier alpha value is -2.40. The molecule has 1 aliphatic carbocycles. The van der Waals surface area contributed by atoms with E-state index < -0.39 is 76.2 Å². The second-order valence-corrected chi connectivity index (χ2v) is 25.2. The number of nitrogens with two attached hydrogens (primary N) is 2. The fourth-order valence-corrected chi connectivity index (χ4v) is 11.1. The van der Waals surface area contributed by atoms with Crippen LogP contribution in [0.4, 0.5) is 11.8 Å². The molecule has 7 rings (SSSR count). The zero-order chi connectivity index (χ0) is 38.2. The molecule has 0 aromatic carbocycles. The first kappa shape index (κ1) is 38.9. The number of H-pyrrole nitrogens is 1. The van der Waals surface area contributed by atoms with Gasteiger partial charge in [0.15, 0.2) is 37.2 Å². The Labute approximate surface area is 314 Å². The highest BCUT2D eigenvalue weighted by Crippen LogP contribution is 2.62. The van der Waals surface area contributed by atoms with Crippen molar-refractivity contribution in [3.05, 3.63) is 29.3 Å². The molecule has 20 nitrogen and oxygen atoms in total. The van der Waals surface area contributed by atoms with Crippen molar-refractivity contribution in [3.8, 4) is 0 Å². The van der Waals surface area contributed by atoms with Crippen LogP contribution in [0, 0.1) is 5.92 Å². The van der Waals surface area contributed by atoms with Crippen LogP contribution in [0.1, 0.15) is 39.5 Å². The molecule has 25 heteroatoms. The lowest BCUT2D eigenvalue weighted by Crippen LogP contribution is -2.48. The van der Waals surface area contributed by atoms with Crippen molar-refractivity contribution in [2.45, 2.75) is 88.1 Å². The normalized spacial score (nSPS) is 34.5. The van der Waals surface area contributed by atoms with E-state index in [1.165, 1.54) is 24.3 Å². The highest BCUT2D eigenvalue weighted by Gasteiger charge is 2.55. The minimum Gasteiger partial charge on any atom is -0.409 e. The van der Waals surface area contributed by atoms with Gasteiger partial charge in [-0.1, -0.05) is 45.3 Å². The molecule has 2 aliphatic heterocycles. The van der Waals surface area contributed by atoms with Crippen molar-refractivity contribution < 1.29 is 41.1 Å². The Balaban J connectivity index is 1.27. The number of thiol groups is 2. The zero-order valence-corrected chi connectivity index (χ0v) is 34.2. The fraction of sp³-hybridized carbons (Fsp3) is 0.643. The number of aromatic nitrogens is 8. The Kier molecular flexibility index (Phi) is 10.2. The van der Waals surface area contributed by atoms with E-state index in [-0.39, 0.29) is 41.2 Å². The lowest BCUT2D eigenvalue weighted by Gasteiger charge is -2.41. The molecule has 5 N–H and O–H groups in total. The van der Waals surface area contributed by atoms with Gasteiger partial charge in [-0.3, -0.25) is 27.9 Å². The predicted molar refractivity (Wildman–Crippen MR) is 201 cm³/mol. The van der Waals surface area contributed by atoms with Crippen molar-refractivity contribution in [1.29, 1.82) is 0 Å². The van der Waals surface area contributed by atoms with Gasteiger partial charge in [-0.05, 0) is 24.6 Å². The van der Waals surface area contributed by atoms with Crippen molar-refractivity contribution in [2.75, 3.05) is 31.8 Å². The lowest BCUT2D eigenvalue weighted by molar-refractivity contribution is -0.0538. The summed E-state index contributed by atoms with van der Waals surface area (Å²) in [5.74, 6) is -0.572. The summed E-state index contributed by atoms with van der Waals surface area (Å²) in [7, 11) is -1.17. The van der Waals surface area contributed by atoms with Gasteiger partial charge in [0.25, 0.3) is 5.56 Å². The number of nitrogens with one attached hydrogen (secondary N) is 1. The molecule has 3 fully saturated rings. The third-order valence-corrected chi connectivity index (χ3v) is 18.0. The topological polar surface area (TPSA) is 258 Å². The molecular formula is C28H42N10O10P2S2Si. The molecule has 0 radical (unpaired) electrons. The molecule has 0 amide bonds. The van der Waals surface area contributed by atoms with Gasteiger partial charge in [0.2, 0.25) is 5.95 Å². The summed E-state index contributed by atoms with van der Waals surface area (Å²) in [5, 5.41) is -0.230. The number of hydrogen-bond donors (Lipinski definition) is 5. The van der Waals surface area contributed by atoms with Gasteiger partial charge < -0.3 is 34.5 Å². The number of methoxy groups -OCH3 is 1. The Morgan fingerprint density at radius 2 is 1.60 bits per heavy atom. The molecule has 9 unspecified atom stereocenters. The van der Waals surface area contributed by atoms with Crippen LogP contribution in [0.2, 0.25) is 18.1 Å². The number of anilines is 2. The average molecular weight is 833 g/mol. The van der Waals surface area contributed by atoms with E-state index in [0.717, 1.165) is 0 Å². The zero-order valence-electron chi connectivity index (χ0n) is 29.6. The van der Waals surface area contributed by atoms with E-state index in [2.05, 4.69) is 88.3 Å². The van der Waals surface area contributed by atoms with Gasteiger partial charge in [0.1, 0.15) is 30.2 Å². The van der Waals surface area contributed by atoms with Gasteiger partial charge in [-0.2, -0.15) is 4.98 Å². The standard InChI is InChI=1S/C28H42N10O10P2S2Si/c1-28(2,3)53(5,6)48-19-14(37-11-33-16-22(29)31-10-32-23(16)37)7-13-8-43-49(40,51)47-21-20(42-4)15(9-44-50(41,52)46-18(13)19)45-26(21)38-12-34-17-24(38)35-27(30)36-25(17)39/h10-15,18-21,26H,7-9H2,1-6H3,(H,40,51)(H,41,52)(H2,29,31,32)(H3,30,35,36,39)/t13?,14?,15?,18?,19?,20?,21?,26?,49-,50?/m0/s1. The molecule has 6 heterocycles. The highest BCUT2D eigenvalue weighted by atomic mass is 32.7. The summed E-state index contributed by atoms with van der Waals surface area (Å²) >= 11 is 8.78. The van der Waals surface area contributed by atoms with Crippen LogP contribution in [0.3, 0.4) is 0 Å². The number of imidazole rings is 2. The molecule has 2 bridgehead atoms. The van der Waals surface area contributed by atoms with Gasteiger partial charge in [-0.25, -0.2) is 29.1 Å². The molecule has 290 valence electrons. The summed E-state index contributed by atoms with van der Waals surface area (Å²) in [6.07, 6.45) is -1.50. The summed E-state index contributed by atoms with van der Waals surface area (Å²) in [6.45, 7) is 1.40. The van der Waals surface area contributed by atoms with E-state index in [1.54, 1.807) is 6.33 Å². The number of nitrogen functional groups attached to an aromatic ring is 2. The van der Waals surface area contributed by atoms with Crippen LogP contribution in [0.5, 0.6) is 0 Å². The van der Waals surface area contributed by atoms with Crippen molar-refractivity contribution in [2.24, 2.45) is 5.92 Å². The number of rotatable bonds is 5. The molecule has 53 heavy (non-hydrogen) atoms. The summed E-state index contributed by atoms with van der Waals surface area (Å²) in [6, 6.07) is -0.497. The first-order valence-corrected chi connectivity index (χ1v) is 24.9. The van der Waals surface area contributed by atoms with E-state index in [1.807, 2.05) is 4.57 Å². The molecule has 3 aliphatic rings. The van der Waals surface area contributed by atoms with Crippen LogP contribution in [-0.2, 0) is 41.1 Å². The quantitative estimate of drug-likeness (QED) is 0.109. The smallest absolute Gasteiger partial charge is 0.386 e. The lowest BCUT2D eigenvalue weighted by atomic mass is 10.1. The van der Waals surface area contributed by atoms with Gasteiger partial charge in [-0.15, -0.1) is 0 Å². The third-order valence-electron chi connectivity index (χ3n) is 10.3. The summed E-state index contributed by atoms with van der Waals surface area (Å²) < 4.78 is 75.0. The maximum atomic E-state index is 14.2. The SMILES string of the molecule is COC1C2COP(=O)(S)OC3C(CO[P@](=O)(S)OC1C(n1cnc4c(=O)[nH]c(N)nc41)O2)CC(n1cnc2c(N)ncnc21)C3O[Si](C)(C)C(C)(C)C. The van der Waals surface area contributed by atoms with Crippen molar-refractivity contribution >= 4 is 80.5 Å². The summed E-state index contributed by atoms with van der Waals surface area (Å²) in [4.78, 5) is 36.3. The Morgan fingerprint density at radius 3 is 2.30 bits per heavy atom. The maximum absolute atomic E-state index is 14.2. The fourth-order valence-electron chi connectivity index (χ4n) is 6.74. The second kappa shape index (κ2) is 14.0. The van der Waals surface area contributed by atoms with Crippen molar-refractivity contribution in [3.63, 3.8) is 0 Å². The van der Waals surface area contributed by atoms with Crippen LogP contribution in [0.15, 0.2) is 23.8 Å². The average Bonchev–Trinajstić information content (AvgIpc) is 3.82. The number of hydrogen-bond acceptors (Lipinski definition) is 17. The predicted octanol–water partition coefficient (Wildman–Crippen LogP) is 3.88. The van der Waals surface area contributed by atoms with Crippen LogP contribution in [-0.4, -0.2) is 98.2 Å². The first-order chi connectivity index (χ1) is 24.8. The minimum absolute atomic E-state index is 0.0284. The molecule has 4 aromatic rings. The van der Waals surface area contributed by atoms with E-state index in [9.17, 15) is 13.9 Å². The van der Waals surface area contributed by atoms with E-state index in [0.29, 0.717) is 17.6 Å². The van der Waals surface area contributed by atoms with E-state index >= 15 is 0 Å². The largest absolute Gasteiger partial charge is 0.409 e. The number of fused-ring (bicyclic) bond motifs is 5. The maximum Gasteiger partial charge on any atom is 0.386 e. The molecular weight excluding hydrogens is 791 g/mol. The monoisotopic (exact) mass is 832 g/mol. The number of ether oxygens (including phenoxy) is 2. The molecule has 4 aromatic heterocycles. The third kappa shape index (κ3) is 7.36. The Morgan fingerprint density at radius 1 is 0.943 bits per heavy atom. The van der Waals surface area contributed by atoms with E-state index in [4.69, 9.17) is 43.5 Å². The molecule has 2 saturated heterocycles. The highest BCUT2D eigenvalue weighted by molar-refractivity contribution is 8.44. The van der Waals surface area contributed by atoms with Crippen molar-refractivity contribution in [1.82, 2.24) is 39.0 Å². The molecule has 1 saturated carbocycles. The Bertz CT molecular complexity index is 2180. The first-order valence-electron chi connectivity index (χ1n) is 16.6. The van der Waals surface area contributed by atoms with Crippen LogP contribution < -0.4 is 17.0 Å². The number of nitrogens with zero attached hydrogens (tertiary/aromatic N) is 7. The van der Waals surface area contributed by atoms with Gasteiger partial charge >= 0.3 is 13.6 Å². The molecule has 0 spiro atoms. The van der Waals surface area contributed by atoms with Crippen LogP contribution >= 0.6 is 38.1 Å². The van der Waals surface area contributed by atoms with Crippen LogP contribution in [0.25, 0.3) is 22.3 Å².